The maximum atomic E-state index is 11.6. The third-order valence-electron chi connectivity index (χ3n) is 4.48. The van der Waals surface area contributed by atoms with Gasteiger partial charge in [0.05, 0.1) is 4.90 Å². The predicted molar refractivity (Wildman–Crippen MR) is 98.2 cm³/mol. The first-order chi connectivity index (χ1) is 11.4. The fraction of sp³-hybridized carbons (Fsp3) is 0.500. The number of fused-ring (bicyclic) bond motifs is 1. The second-order valence-electron chi connectivity index (χ2n) is 6.92. The van der Waals surface area contributed by atoms with Crippen molar-refractivity contribution in [3.05, 3.63) is 42.0 Å². The summed E-state index contributed by atoms with van der Waals surface area (Å²) in [6.07, 6.45) is 7.53. The molecule has 0 unspecified atom stereocenters. The molecule has 0 aliphatic heterocycles. The van der Waals surface area contributed by atoms with E-state index < -0.39 is 10.1 Å². The van der Waals surface area contributed by atoms with Crippen LogP contribution >= 0.6 is 0 Å². The molecule has 0 aliphatic rings. The normalized spacial score (nSPS) is 11.7. The van der Waals surface area contributed by atoms with Crippen LogP contribution in [-0.2, 0) is 16.5 Å². The summed E-state index contributed by atoms with van der Waals surface area (Å²) in [5.74, 6) is 0.755. The van der Waals surface area contributed by atoms with Crippen LogP contribution in [0.15, 0.2) is 41.3 Å². The third-order valence-corrected chi connectivity index (χ3v) is 5.40. The Balaban J connectivity index is 0.00000312. The molecule has 5 heteroatoms. The van der Waals surface area contributed by atoms with E-state index in [0.29, 0.717) is 12.0 Å². The van der Waals surface area contributed by atoms with E-state index in [4.69, 9.17) is 0 Å². The molecule has 2 aromatic rings. The SMILES string of the molecule is CC(C)CCCCCCCc1c(S(=O)(=O)[O-])ccc2ccccc12.[Na+]. The first kappa shape index (κ1) is 22.7. The minimum atomic E-state index is -4.44. The van der Waals surface area contributed by atoms with Gasteiger partial charge in [0.2, 0.25) is 0 Å². The van der Waals surface area contributed by atoms with Crippen molar-refractivity contribution in [3.63, 3.8) is 0 Å². The molecule has 2 aromatic carbocycles. The fourth-order valence-corrected chi connectivity index (χ4v) is 3.94. The molecule has 2 rings (SSSR count). The molecule has 0 heterocycles. The van der Waals surface area contributed by atoms with Crippen LogP contribution in [0.3, 0.4) is 0 Å². The van der Waals surface area contributed by atoms with Crippen LogP contribution in [0.2, 0.25) is 0 Å². The van der Waals surface area contributed by atoms with E-state index in [1.807, 2.05) is 24.3 Å². The molecule has 132 valence electrons. The topological polar surface area (TPSA) is 57.2 Å². The number of hydrogen-bond acceptors (Lipinski definition) is 3. The summed E-state index contributed by atoms with van der Waals surface area (Å²) in [6.45, 7) is 4.48. The summed E-state index contributed by atoms with van der Waals surface area (Å²) in [5.41, 5.74) is 0.685. The Morgan fingerprint density at radius 3 is 2.24 bits per heavy atom. The Morgan fingerprint density at radius 1 is 0.920 bits per heavy atom. The molecule has 0 spiro atoms. The molecule has 3 nitrogen and oxygen atoms in total. The van der Waals surface area contributed by atoms with Crippen molar-refractivity contribution in [1.82, 2.24) is 0 Å². The van der Waals surface area contributed by atoms with Gasteiger partial charge in [0, 0.05) is 0 Å². The largest absolute Gasteiger partial charge is 1.00 e. The molecular formula is C20H27NaO3S. The zero-order chi connectivity index (χ0) is 17.6. The molecule has 0 fully saturated rings. The Labute approximate surface area is 174 Å². The number of rotatable bonds is 9. The molecular weight excluding hydrogens is 343 g/mol. The maximum absolute atomic E-state index is 11.6. The van der Waals surface area contributed by atoms with Crippen molar-refractivity contribution in [3.8, 4) is 0 Å². The number of hydrogen-bond donors (Lipinski definition) is 0. The first-order valence-corrected chi connectivity index (χ1v) is 10.3. The van der Waals surface area contributed by atoms with Gasteiger partial charge in [-0.15, -0.1) is 0 Å². The number of aryl methyl sites for hydroxylation is 1. The van der Waals surface area contributed by atoms with E-state index in [9.17, 15) is 13.0 Å². The minimum Gasteiger partial charge on any atom is -0.744 e. The summed E-state index contributed by atoms with van der Waals surface area (Å²) in [4.78, 5) is -0.0546. The van der Waals surface area contributed by atoms with Crippen LogP contribution in [0.4, 0.5) is 0 Å². The van der Waals surface area contributed by atoms with Gasteiger partial charge in [-0.25, -0.2) is 8.42 Å². The second kappa shape index (κ2) is 10.7. The first-order valence-electron chi connectivity index (χ1n) is 8.86. The van der Waals surface area contributed by atoms with Crippen molar-refractivity contribution in [2.75, 3.05) is 0 Å². The Bertz CT molecular complexity index is 770. The van der Waals surface area contributed by atoms with Gasteiger partial charge in [0.15, 0.2) is 0 Å². The molecule has 0 bridgehead atoms. The van der Waals surface area contributed by atoms with Gasteiger partial charge < -0.3 is 4.55 Å². The standard InChI is InChI=1S/C20H28O3S.Na/c1-16(2)10-6-4-3-5-7-13-19-18-12-9-8-11-17(18)14-15-20(19)24(21,22)23;/h8-9,11-12,14-16H,3-7,10,13H2,1-2H3,(H,21,22,23);/q;+1/p-1. The van der Waals surface area contributed by atoms with Crippen molar-refractivity contribution in [2.24, 2.45) is 5.92 Å². The van der Waals surface area contributed by atoms with Crippen molar-refractivity contribution >= 4 is 20.9 Å². The molecule has 0 saturated heterocycles. The Hall–Kier alpha value is -0.390. The average molecular weight is 370 g/mol. The van der Waals surface area contributed by atoms with E-state index in [0.717, 1.165) is 36.0 Å². The molecule has 0 radical (unpaired) electrons. The van der Waals surface area contributed by atoms with Gasteiger partial charge in [-0.2, -0.15) is 0 Å². The summed E-state index contributed by atoms with van der Waals surface area (Å²) in [5, 5.41) is 1.87. The van der Waals surface area contributed by atoms with Crippen molar-refractivity contribution in [1.29, 1.82) is 0 Å². The molecule has 0 aliphatic carbocycles. The number of unbranched alkanes of at least 4 members (excludes halogenated alkanes) is 4. The van der Waals surface area contributed by atoms with Crippen LogP contribution in [0, 0.1) is 5.92 Å². The monoisotopic (exact) mass is 370 g/mol. The van der Waals surface area contributed by atoms with Crippen molar-refractivity contribution in [2.45, 2.75) is 63.7 Å². The maximum Gasteiger partial charge on any atom is 1.00 e. The summed E-state index contributed by atoms with van der Waals surface area (Å²) < 4.78 is 34.7. The average Bonchev–Trinajstić information content (AvgIpc) is 2.52. The summed E-state index contributed by atoms with van der Waals surface area (Å²) >= 11 is 0. The van der Waals surface area contributed by atoms with E-state index in [2.05, 4.69) is 13.8 Å². The molecule has 0 aromatic heterocycles. The van der Waals surface area contributed by atoms with Crippen molar-refractivity contribution < 1.29 is 42.5 Å². The zero-order valence-electron chi connectivity index (χ0n) is 15.6. The van der Waals surface area contributed by atoms with Gasteiger partial charge in [-0.1, -0.05) is 76.3 Å². The zero-order valence-corrected chi connectivity index (χ0v) is 18.4. The van der Waals surface area contributed by atoms with Gasteiger partial charge in [0.1, 0.15) is 10.1 Å². The summed E-state index contributed by atoms with van der Waals surface area (Å²) in [7, 11) is -4.44. The molecule has 0 amide bonds. The second-order valence-corrected chi connectivity index (χ2v) is 8.27. The predicted octanol–water partition coefficient (Wildman–Crippen LogP) is 2.29. The Kier molecular flexibility index (Phi) is 9.68. The van der Waals surface area contributed by atoms with Gasteiger partial charge in [-0.05, 0) is 41.2 Å². The van der Waals surface area contributed by atoms with Crippen LogP contribution in [0.5, 0.6) is 0 Å². The van der Waals surface area contributed by atoms with E-state index in [-0.39, 0.29) is 34.5 Å². The fourth-order valence-electron chi connectivity index (χ4n) is 3.19. The van der Waals surface area contributed by atoms with Crippen LogP contribution in [0.25, 0.3) is 10.8 Å². The quantitative estimate of drug-likeness (QED) is 0.387. The van der Waals surface area contributed by atoms with Crippen LogP contribution in [0.1, 0.15) is 57.9 Å². The van der Waals surface area contributed by atoms with Gasteiger partial charge in [0.25, 0.3) is 0 Å². The van der Waals surface area contributed by atoms with E-state index >= 15 is 0 Å². The van der Waals surface area contributed by atoms with Gasteiger partial charge >= 0.3 is 29.6 Å². The molecule has 0 N–H and O–H groups in total. The molecule has 0 atom stereocenters. The third kappa shape index (κ3) is 7.03. The van der Waals surface area contributed by atoms with Crippen LogP contribution in [-0.4, -0.2) is 13.0 Å². The van der Waals surface area contributed by atoms with Crippen LogP contribution < -0.4 is 29.6 Å². The minimum absolute atomic E-state index is 0. The smallest absolute Gasteiger partial charge is 0.744 e. The Morgan fingerprint density at radius 2 is 1.56 bits per heavy atom. The molecule has 25 heavy (non-hydrogen) atoms. The summed E-state index contributed by atoms with van der Waals surface area (Å²) in [6, 6.07) is 10.8. The van der Waals surface area contributed by atoms with E-state index in [1.54, 1.807) is 6.07 Å². The van der Waals surface area contributed by atoms with Gasteiger partial charge in [-0.3, -0.25) is 0 Å². The van der Waals surface area contributed by atoms with E-state index in [1.165, 1.54) is 25.3 Å². The molecule has 0 saturated carbocycles. The number of benzene rings is 2.